The first-order valence-corrected chi connectivity index (χ1v) is 22.9. The van der Waals surface area contributed by atoms with Crippen LogP contribution in [0.15, 0.2) is 119 Å². The van der Waals surface area contributed by atoms with Gasteiger partial charge in [-0.25, -0.2) is 4.79 Å². The molecule has 8 aromatic rings. The van der Waals surface area contributed by atoms with Gasteiger partial charge in [-0.3, -0.25) is 14.4 Å². The second-order valence-electron chi connectivity index (χ2n) is 16.3. The molecular formula is C54H46Cl2N10O7. The predicted molar refractivity (Wildman–Crippen MR) is 276 cm³/mol. The van der Waals surface area contributed by atoms with E-state index in [1.807, 2.05) is 13.8 Å². The maximum absolute atomic E-state index is 12.9. The van der Waals surface area contributed by atoms with E-state index in [0.717, 1.165) is 28.2 Å². The minimum Gasteiger partial charge on any atom is -0.478 e. The van der Waals surface area contributed by atoms with E-state index in [-0.39, 0.29) is 44.7 Å². The molecule has 0 aliphatic rings. The van der Waals surface area contributed by atoms with Crippen molar-refractivity contribution in [2.45, 2.75) is 54.6 Å². The number of nitrogens with zero attached hydrogens (tertiary/aromatic N) is 6. The molecule has 0 saturated carbocycles. The molecule has 6 N–H and O–H groups in total. The quantitative estimate of drug-likeness (QED) is 0.0806. The molecule has 0 saturated heterocycles. The zero-order chi connectivity index (χ0) is 52.9. The van der Waals surface area contributed by atoms with E-state index in [2.05, 4.69) is 47.8 Å². The Morgan fingerprint density at radius 3 is 1.51 bits per heavy atom. The zero-order valence-electron chi connectivity index (χ0n) is 40.2. The Hall–Kier alpha value is -9.00. The number of nitriles is 2. The first-order chi connectivity index (χ1) is 34.9. The third kappa shape index (κ3) is 13.1. The molecule has 19 heteroatoms. The van der Waals surface area contributed by atoms with Gasteiger partial charge in [-0.1, -0.05) is 47.5 Å². The Balaban J connectivity index is 0.000000204. The van der Waals surface area contributed by atoms with Crippen molar-refractivity contribution in [2.24, 2.45) is 5.73 Å². The van der Waals surface area contributed by atoms with Crippen LogP contribution < -0.4 is 31.4 Å². The molecule has 73 heavy (non-hydrogen) atoms. The number of amides is 1. The van der Waals surface area contributed by atoms with E-state index in [1.54, 1.807) is 107 Å². The number of nitrogens with one attached hydrogen (secondary N) is 3. The highest BCUT2D eigenvalue weighted by Crippen LogP contribution is 2.38. The number of halogens is 2. The van der Waals surface area contributed by atoms with Crippen molar-refractivity contribution in [3.63, 3.8) is 0 Å². The van der Waals surface area contributed by atoms with Crippen molar-refractivity contribution in [3.8, 4) is 57.4 Å². The number of aromatic amines is 2. The fourth-order valence-corrected chi connectivity index (χ4v) is 7.92. The van der Waals surface area contributed by atoms with Crippen molar-refractivity contribution in [1.82, 2.24) is 35.7 Å². The van der Waals surface area contributed by atoms with E-state index in [1.165, 1.54) is 30.5 Å². The van der Waals surface area contributed by atoms with E-state index >= 15 is 0 Å². The number of rotatable bonds is 11. The van der Waals surface area contributed by atoms with Gasteiger partial charge in [-0.05, 0) is 101 Å². The molecule has 0 aliphatic carbocycles. The lowest BCUT2D eigenvalue weighted by molar-refractivity contribution is 0.0695. The summed E-state index contributed by atoms with van der Waals surface area (Å²) in [5, 5.41) is 46.9. The minimum absolute atomic E-state index is 0.0289. The lowest BCUT2D eigenvalue weighted by atomic mass is 10.0. The summed E-state index contributed by atoms with van der Waals surface area (Å²) in [7, 11) is 0. The van der Waals surface area contributed by atoms with Crippen LogP contribution in [0.3, 0.4) is 0 Å². The van der Waals surface area contributed by atoms with Crippen LogP contribution in [0.25, 0.3) is 22.3 Å². The largest absolute Gasteiger partial charge is 0.478 e. The van der Waals surface area contributed by atoms with E-state index in [9.17, 15) is 29.7 Å². The maximum Gasteiger partial charge on any atom is 0.336 e. The number of hydrogen-bond donors (Lipinski definition) is 5. The van der Waals surface area contributed by atoms with Gasteiger partial charge in [0.05, 0.1) is 40.4 Å². The normalized spacial score (nSPS) is 10.3. The third-order valence-corrected chi connectivity index (χ3v) is 11.7. The average Bonchev–Trinajstić information content (AvgIpc) is 3.36. The monoisotopic (exact) mass is 1020 g/mol. The second-order valence-corrected chi connectivity index (χ2v) is 17.1. The number of carbonyl (C=O) groups excluding carboxylic acids is 1. The summed E-state index contributed by atoms with van der Waals surface area (Å²) < 4.78 is 11.8. The van der Waals surface area contributed by atoms with Gasteiger partial charge in [0.25, 0.3) is 5.91 Å². The van der Waals surface area contributed by atoms with Gasteiger partial charge in [-0.15, -0.1) is 0 Å². The Labute approximate surface area is 428 Å². The summed E-state index contributed by atoms with van der Waals surface area (Å²) in [6, 6.07) is 27.3. The molecule has 0 spiro atoms. The summed E-state index contributed by atoms with van der Waals surface area (Å²) in [6.45, 7) is 11.1. The van der Waals surface area contributed by atoms with E-state index < -0.39 is 5.97 Å². The number of ether oxygens (including phenoxy) is 2. The van der Waals surface area contributed by atoms with Gasteiger partial charge in [0.15, 0.2) is 10.9 Å². The molecule has 1 amide bonds. The second kappa shape index (κ2) is 24.2. The zero-order valence-corrected chi connectivity index (χ0v) is 41.7. The predicted octanol–water partition coefficient (Wildman–Crippen LogP) is 9.92. The van der Waals surface area contributed by atoms with Gasteiger partial charge in [0.1, 0.15) is 46.3 Å². The van der Waals surface area contributed by atoms with Gasteiger partial charge >= 0.3 is 5.97 Å². The number of carboxylic acid groups (broad SMARTS) is 1. The Morgan fingerprint density at radius 1 is 0.644 bits per heavy atom. The first kappa shape index (κ1) is 53.4. The number of benzene rings is 4. The molecule has 0 atom stereocenters. The molecule has 0 radical (unpaired) electrons. The third-order valence-electron chi connectivity index (χ3n) is 11.1. The number of pyridine rings is 2. The van der Waals surface area contributed by atoms with Gasteiger partial charge in [0, 0.05) is 86.9 Å². The molecule has 368 valence electrons. The molecule has 0 bridgehead atoms. The Morgan fingerprint density at radius 2 is 1.10 bits per heavy atom. The number of aromatic carboxylic acids is 1. The molecule has 17 nitrogen and oxygen atoms in total. The highest BCUT2D eigenvalue weighted by molar-refractivity contribution is 6.33. The number of nitrogens with two attached hydrogens (primary N) is 1. The molecule has 0 aliphatic heterocycles. The smallest absolute Gasteiger partial charge is 0.336 e. The van der Waals surface area contributed by atoms with Crippen LogP contribution >= 0.6 is 23.2 Å². The average molecular weight is 1020 g/mol. The summed E-state index contributed by atoms with van der Waals surface area (Å²) in [5.74, 6) is -0.231. The van der Waals surface area contributed by atoms with Crippen LogP contribution in [0.1, 0.15) is 76.9 Å². The van der Waals surface area contributed by atoms with E-state index in [4.69, 9.17) is 43.5 Å². The lowest BCUT2D eigenvalue weighted by Crippen LogP contribution is -2.27. The number of aromatic nitrogens is 6. The number of aryl methyl sites for hydroxylation is 6. The molecule has 0 fully saturated rings. The minimum atomic E-state index is -1.07. The molecule has 4 aromatic heterocycles. The summed E-state index contributed by atoms with van der Waals surface area (Å²) >= 11 is 12.6. The number of carboxylic acids is 1. The standard InChI is InChI=1S/C27H22ClN5O3.C19H12ClN3O3.C8H12N2O/c1-15-9-26(36-25-6-4-5-19(21(25)12-29)18-7-8-31-32-13-18)23(28)11-20(15)27(35)30-14-22-17(3)33-16(2)10-24(22)34;1-11-7-18(16(20)8-14(11)19(24)25)26-17-4-2-3-13(15(17)9-21)12-5-6-22-23-10-12;1-5-3-8(11)7(4-9)6(2)10-5/h4-11,13H,14H2,1-3H3,(H,30,35)(H,33,34);2-8,10H,1H3,(H,24,25);3H,4,9H2,1-2H3,(H,10,11). The summed E-state index contributed by atoms with van der Waals surface area (Å²) in [5.41, 5.74) is 14.6. The van der Waals surface area contributed by atoms with Crippen molar-refractivity contribution in [1.29, 1.82) is 10.5 Å². The van der Waals surface area contributed by atoms with Crippen LogP contribution in [0.2, 0.25) is 10.0 Å². The Bertz CT molecular complexity index is 3570. The maximum atomic E-state index is 12.9. The van der Waals surface area contributed by atoms with Gasteiger partial charge in [0.2, 0.25) is 0 Å². The van der Waals surface area contributed by atoms with Crippen LogP contribution in [-0.4, -0.2) is 47.3 Å². The van der Waals surface area contributed by atoms with Crippen LogP contribution in [0.4, 0.5) is 0 Å². The fourth-order valence-electron chi connectivity index (χ4n) is 7.51. The fraction of sp³-hybridized carbons (Fsp3) is 0.148. The van der Waals surface area contributed by atoms with Gasteiger partial charge in [-0.2, -0.15) is 30.9 Å². The first-order valence-electron chi connectivity index (χ1n) is 22.1. The van der Waals surface area contributed by atoms with Crippen LogP contribution in [0.5, 0.6) is 23.0 Å². The molecular weight excluding hydrogens is 972 g/mol. The Kier molecular flexibility index (Phi) is 17.7. The van der Waals surface area contributed by atoms with Crippen molar-refractivity contribution in [3.05, 3.63) is 207 Å². The topological polar surface area (TPSA) is 276 Å². The highest BCUT2D eigenvalue weighted by atomic mass is 35.5. The van der Waals surface area contributed by atoms with Crippen molar-refractivity contribution in [2.75, 3.05) is 0 Å². The number of H-pyrrole nitrogens is 2. The molecule has 4 aromatic carbocycles. The molecule has 4 heterocycles. The SMILES string of the molecule is Cc1cc(=O)c(CN)c(C)[nH]1.Cc1cc(=O)c(CNC(=O)c2cc(Cl)c(Oc3cccc(-c4ccnnc4)c3C#N)cc2C)c(C)[nH]1.Cc1cc(Oc2cccc(-c3ccnnc3)c2C#N)c(Cl)cc1C(=O)O. The summed E-state index contributed by atoms with van der Waals surface area (Å²) in [4.78, 5) is 53.7. The molecule has 8 rings (SSSR count). The number of hydrogen-bond acceptors (Lipinski definition) is 13. The van der Waals surface area contributed by atoms with Crippen molar-refractivity contribution >= 4 is 35.1 Å². The number of carbonyl (C=O) groups is 2. The summed E-state index contributed by atoms with van der Waals surface area (Å²) in [6.07, 6.45) is 6.20. The van der Waals surface area contributed by atoms with Crippen molar-refractivity contribution < 1.29 is 24.2 Å². The highest BCUT2D eigenvalue weighted by Gasteiger charge is 2.19. The molecule has 0 unspecified atom stereocenters. The van der Waals surface area contributed by atoms with E-state index in [0.29, 0.717) is 79.6 Å². The lowest BCUT2D eigenvalue weighted by Gasteiger charge is -2.15. The van der Waals surface area contributed by atoms with Crippen LogP contribution in [-0.2, 0) is 13.1 Å². The van der Waals surface area contributed by atoms with Gasteiger partial charge < -0.3 is 35.6 Å². The van der Waals surface area contributed by atoms with Crippen LogP contribution in [0, 0.1) is 64.2 Å².